The lowest BCUT2D eigenvalue weighted by molar-refractivity contribution is 0.0565. The number of unbranched alkanes of at least 4 members (excludes halogenated alkanes) is 6. The van der Waals surface area contributed by atoms with Crippen molar-refractivity contribution in [2.75, 3.05) is 7.11 Å². The summed E-state index contributed by atoms with van der Waals surface area (Å²) in [6, 6.07) is 15.1. The van der Waals surface area contributed by atoms with Gasteiger partial charge in [0.25, 0.3) is 0 Å². The number of hydrogen-bond acceptors (Lipinski definition) is 6. The highest BCUT2D eigenvalue weighted by Crippen LogP contribution is 2.31. The van der Waals surface area contributed by atoms with Crippen molar-refractivity contribution in [3.8, 4) is 0 Å². The van der Waals surface area contributed by atoms with Gasteiger partial charge in [0.15, 0.2) is 5.43 Å². The number of fused-ring (bicyclic) bond motifs is 1. The number of hydrogen-bond donors (Lipinski definition) is 1. The molecule has 0 aliphatic rings. The van der Waals surface area contributed by atoms with Gasteiger partial charge in [-0.2, -0.15) is 0 Å². The average molecular weight is 551 g/mol. The van der Waals surface area contributed by atoms with E-state index in [4.69, 9.17) is 9.15 Å². The van der Waals surface area contributed by atoms with E-state index < -0.39 is 12.1 Å². The van der Waals surface area contributed by atoms with E-state index in [1.165, 1.54) is 63.0 Å². The van der Waals surface area contributed by atoms with Crippen molar-refractivity contribution < 1.29 is 19.1 Å². The molecule has 1 N–H and O–H groups in total. The number of esters is 1. The second-order valence-electron chi connectivity index (χ2n) is 10.0. The molecular formula is C33H42O5S. The van der Waals surface area contributed by atoms with Gasteiger partial charge >= 0.3 is 5.97 Å². The molecule has 0 saturated carbocycles. The molecule has 0 fully saturated rings. The van der Waals surface area contributed by atoms with E-state index in [0.29, 0.717) is 17.4 Å². The van der Waals surface area contributed by atoms with Crippen molar-refractivity contribution in [2.24, 2.45) is 0 Å². The minimum absolute atomic E-state index is 0.128. The maximum atomic E-state index is 12.4. The number of aryl methyl sites for hydroxylation is 1. The Hall–Kier alpha value is -2.83. The summed E-state index contributed by atoms with van der Waals surface area (Å²) in [5, 5.41) is 11.2. The first-order valence-electron chi connectivity index (χ1n) is 14.2. The Kier molecular flexibility index (Phi) is 12.8. The van der Waals surface area contributed by atoms with Crippen molar-refractivity contribution in [1.29, 1.82) is 0 Å². The molecule has 0 amide bonds. The van der Waals surface area contributed by atoms with Gasteiger partial charge in [-0.15, -0.1) is 11.8 Å². The van der Waals surface area contributed by atoms with Gasteiger partial charge in [-0.1, -0.05) is 95.2 Å². The highest BCUT2D eigenvalue weighted by molar-refractivity contribution is 8.00. The molecule has 2 atom stereocenters. The summed E-state index contributed by atoms with van der Waals surface area (Å²) in [5.41, 5.74) is 2.48. The zero-order valence-corrected chi connectivity index (χ0v) is 24.3. The fraction of sp³-hybridized carbons (Fsp3) is 0.455. The van der Waals surface area contributed by atoms with Crippen LogP contribution in [0.3, 0.4) is 0 Å². The number of ether oxygens (including phenoxy) is 1. The summed E-state index contributed by atoms with van der Waals surface area (Å²) in [7, 11) is 1.25. The molecule has 1 heterocycles. The largest absolute Gasteiger partial charge is 0.463 e. The van der Waals surface area contributed by atoms with Crippen molar-refractivity contribution >= 4 is 34.8 Å². The van der Waals surface area contributed by atoms with Crippen LogP contribution in [0.1, 0.15) is 93.3 Å². The molecule has 1 aromatic heterocycles. The highest BCUT2D eigenvalue weighted by atomic mass is 32.2. The first-order chi connectivity index (χ1) is 18.9. The van der Waals surface area contributed by atoms with Gasteiger partial charge in [-0.05, 0) is 48.6 Å². The molecule has 0 radical (unpaired) electrons. The summed E-state index contributed by atoms with van der Waals surface area (Å²) >= 11 is 1.51. The van der Waals surface area contributed by atoms with Gasteiger partial charge in [0, 0.05) is 11.0 Å². The summed E-state index contributed by atoms with van der Waals surface area (Å²) < 4.78 is 10.4. The Morgan fingerprint density at radius 3 is 2.41 bits per heavy atom. The van der Waals surface area contributed by atoms with Crippen LogP contribution in [-0.4, -0.2) is 29.5 Å². The van der Waals surface area contributed by atoms with Gasteiger partial charge < -0.3 is 14.3 Å². The summed E-state index contributed by atoms with van der Waals surface area (Å²) in [6.07, 6.45) is 15.2. The molecule has 5 nitrogen and oxygen atoms in total. The number of rotatable bonds is 16. The molecule has 39 heavy (non-hydrogen) atoms. The quantitative estimate of drug-likeness (QED) is 0.110. The smallest absolute Gasteiger partial charge is 0.374 e. The fourth-order valence-electron chi connectivity index (χ4n) is 4.50. The maximum Gasteiger partial charge on any atom is 0.374 e. The lowest BCUT2D eigenvalue weighted by atomic mass is 10.0. The standard InChI is InChI=1S/C33H42O5S/c1-4-6-8-9-10-11-12-24-14-16-25(17-15-24)18-21-32(28(34)13-7-5-2)39-26-19-20-27-29(35)23-31(33(36)37-3)38-30(27)22-26/h14-23,28,32,34H,4-13H2,1-3H3/t28-,32-/m0/s1. The van der Waals surface area contributed by atoms with E-state index in [1.54, 1.807) is 12.1 Å². The van der Waals surface area contributed by atoms with Crippen LogP contribution in [0.2, 0.25) is 0 Å². The zero-order valence-electron chi connectivity index (χ0n) is 23.5. The first kappa shape index (κ1) is 30.7. The van der Waals surface area contributed by atoms with E-state index in [-0.39, 0.29) is 16.4 Å². The number of aliphatic hydroxyl groups is 1. The molecule has 3 aromatic rings. The normalized spacial score (nSPS) is 13.1. The van der Waals surface area contributed by atoms with Crippen LogP contribution in [0.4, 0.5) is 0 Å². The number of carbonyl (C=O) groups is 1. The molecule has 2 aromatic carbocycles. The molecule has 0 saturated heterocycles. The average Bonchev–Trinajstić information content (AvgIpc) is 2.95. The molecule has 0 bridgehead atoms. The van der Waals surface area contributed by atoms with Gasteiger partial charge in [0.1, 0.15) is 5.58 Å². The molecular weight excluding hydrogens is 508 g/mol. The van der Waals surface area contributed by atoms with Crippen LogP contribution in [0.5, 0.6) is 0 Å². The van der Waals surface area contributed by atoms with Crippen molar-refractivity contribution in [2.45, 2.75) is 94.3 Å². The molecule has 0 aliphatic heterocycles. The molecule has 0 unspecified atom stereocenters. The number of carbonyl (C=O) groups excluding carboxylic acids is 1. The van der Waals surface area contributed by atoms with Gasteiger partial charge in [-0.25, -0.2) is 4.79 Å². The van der Waals surface area contributed by atoms with E-state index in [2.05, 4.69) is 50.3 Å². The van der Waals surface area contributed by atoms with Crippen molar-refractivity contribution in [3.05, 3.63) is 81.7 Å². The summed E-state index contributed by atoms with van der Waals surface area (Å²) in [4.78, 5) is 25.2. The zero-order chi connectivity index (χ0) is 28.0. The minimum atomic E-state index is -0.694. The lowest BCUT2D eigenvalue weighted by Crippen LogP contribution is -2.21. The monoisotopic (exact) mass is 550 g/mol. The minimum Gasteiger partial charge on any atom is -0.463 e. The second kappa shape index (κ2) is 16.3. The second-order valence-corrected chi connectivity index (χ2v) is 11.3. The number of thioether (sulfide) groups is 1. The maximum absolute atomic E-state index is 12.4. The molecule has 6 heteroatoms. The van der Waals surface area contributed by atoms with Crippen LogP contribution in [-0.2, 0) is 11.2 Å². The van der Waals surface area contributed by atoms with Crippen LogP contribution >= 0.6 is 11.8 Å². The number of methoxy groups -OCH3 is 1. The van der Waals surface area contributed by atoms with Crippen molar-refractivity contribution in [1.82, 2.24) is 0 Å². The third kappa shape index (κ3) is 9.70. The van der Waals surface area contributed by atoms with E-state index in [0.717, 1.165) is 35.8 Å². The molecule has 3 rings (SSSR count). The first-order valence-corrected chi connectivity index (χ1v) is 15.1. The SMILES string of the molecule is CCCCCCCCc1ccc(C=C[C@H](Sc2ccc3c(=O)cc(C(=O)OC)oc3c2)[C@@H](O)CCCC)cc1. The Balaban J connectivity index is 1.72. The van der Waals surface area contributed by atoms with Crippen LogP contribution in [0.15, 0.2) is 68.7 Å². The number of aliphatic hydroxyl groups excluding tert-OH is 1. The van der Waals surface area contributed by atoms with Crippen LogP contribution in [0, 0.1) is 0 Å². The number of benzene rings is 2. The third-order valence-corrected chi connectivity index (χ3v) is 8.14. The summed E-state index contributed by atoms with van der Waals surface area (Å²) in [6.45, 7) is 4.36. The lowest BCUT2D eigenvalue weighted by Gasteiger charge is -2.19. The van der Waals surface area contributed by atoms with Gasteiger partial charge in [-0.3, -0.25) is 4.79 Å². The predicted molar refractivity (Wildman–Crippen MR) is 162 cm³/mol. The van der Waals surface area contributed by atoms with Crippen LogP contribution in [0.25, 0.3) is 17.0 Å². The van der Waals surface area contributed by atoms with Crippen LogP contribution < -0.4 is 5.43 Å². The Labute approximate surface area is 236 Å². The highest BCUT2D eigenvalue weighted by Gasteiger charge is 2.19. The van der Waals surface area contributed by atoms with Crippen molar-refractivity contribution in [3.63, 3.8) is 0 Å². The van der Waals surface area contributed by atoms with E-state index >= 15 is 0 Å². The Bertz CT molecular complexity index is 1260. The Morgan fingerprint density at radius 1 is 0.974 bits per heavy atom. The van der Waals surface area contributed by atoms with Gasteiger partial charge in [0.2, 0.25) is 5.76 Å². The van der Waals surface area contributed by atoms with E-state index in [1.807, 2.05) is 6.07 Å². The fourth-order valence-corrected chi connectivity index (χ4v) is 5.59. The predicted octanol–water partition coefficient (Wildman–Crippen LogP) is 8.21. The topological polar surface area (TPSA) is 76.7 Å². The third-order valence-electron chi connectivity index (χ3n) is 6.87. The molecule has 0 aliphatic carbocycles. The molecule has 0 spiro atoms. The summed E-state index contributed by atoms with van der Waals surface area (Å²) in [5.74, 6) is -0.822. The Morgan fingerprint density at radius 2 is 1.69 bits per heavy atom. The van der Waals surface area contributed by atoms with Gasteiger partial charge in [0.05, 0.1) is 23.8 Å². The van der Waals surface area contributed by atoms with E-state index in [9.17, 15) is 14.7 Å². The molecule has 210 valence electrons.